The van der Waals surface area contributed by atoms with E-state index in [9.17, 15) is 8.42 Å². The van der Waals surface area contributed by atoms with Crippen molar-refractivity contribution in [3.05, 3.63) is 16.6 Å². The minimum atomic E-state index is -2.96. The minimum Gasteiger partial charge on any atom is -0.317 e. The second kappa shape index (κ2) is 5.25. The largest absolute Gasteiger partial charge is 0.317 e. The van der Waals surface area contributed by atoms with Gasteiger partial charge in [0.25, 0.3) is 0 Å². The van der Waals surface area contributed by atoms with Gasteiger partial charge in [-0.3, -0.25) is 4.98 Å². The molecule has 0 atom stereocenters. The van der Waals surface area contributed by atoms with Gasteiger partial charge in [-0.15, -0.1) is 11.3 Å². The predicted molar refractivity (Wildman–Crippen MR) is 65.2 cm³/mol. The molecule has 4 nitrogen and oxygen atoms in total. The first-order valence-electron chi connectivity index (χ1n) is 5.44. The van der Waals surface area contributed by atoms with Crippen molar-refractivity contribution in [3.8, 4) is 0 Å². The van der Waals surface area contributed by atoms with Gasteiger partial charge in [0.1, 0.15) is 0 Å². The summed E-state index contributed by atoms with van der Waals surface area (Å²) in [5, 5.41) is 3.24. The molecule has 16 heavy (non-hydrogen) atoms. The Hall–Kier alpha value is -0.460. The van der Waals surface area contributed by atoms with Crippen LogP contribution < -0.4 is 5.32 Å². The average molecular weight is 260 g/mol. The van der Waals surface area contributed by atoms with E-state index in [0.29, 0.717) is 11.7 Å². The van der Waals surface area contributed by atoms with E-state index in [2.05, 4.69) is 10.3 Å². The zero-order chi connectivity index (χ0) is 11.4. The molecule has 0 aromatic carbocycles. The van der Waals surface area contributed by atoms with Crippen LogP contribution in [0.25, 0.3) is 0 Å². The monoisotopic (exact) mass is 260 g/mol. The van der Waals surface area contributed by atoms with E-state index in [0.717, 1.165) is 30.8 Å². The third kappa shape index (κ3) is 3.54. The first-order chi connectivity index (χ1) is 7.66. The first kappa shape index (κ1) is 12.0. The molecule has 1 N–H and O–H groups in total. The van der Waals surface area contributed by atoms with Crippen LogP contribution in [0, 0.1) is 5.92 Å². The van der Waals surface area contributed by atoms with Crippen LogP contribution in [0.1, 0.15) is 17.7 Å². The van der Waals surface area contributed by atoms with Crippen LogP contribution in [-0.4, -0.2) is 32.2 Å². The number of aromatic nitrogens is 1. The molecule has 0 bridgehead atoms. The molecule has 0 aliphatic carbocycles. The number of hydrogen-bond acceptors (Lipinski definition) is 5. The Bertz CT molecular complexity index is 408. The highest BCUT2D eigenvalue weighted by atomic mass is 32.2. The highest BCUT2D eigenvalue weighted by molar-refractivity contribution is 7.90. The minimum absolute atomic E-state index is 0.154. The lowest BCUT2D eigenvalue weighted by Gasteiger charge is -2.22. The van der Waals surface area contributed by atoms with Crippen LogP contribution in [0.5, 0.6) is 0 Å². The fourth-order valence-electron chi connectivity index (χ4n) is 2.00. The lowest BCUT2D eigenvalue weighted by atomic mass is 10.0. The predicted octanol–water partition coefficient (Wildman–Crippen LogP) is 1.06. The summed E-state index contributed by atoms with van der Waals surface area (Å²) >= 11 is 1.41. The third-order valence-electron chi connectivity index (χ3n) is 2.79. The van der Waals surface area contributed by atoms with Gasteiger partial charge in [-0.05, 0) is 31.8 Å². The van der Waals surface area contributed by atoms with E-state index in [4.69, 9.17) is 0 Å². The molecular formula is C10H16N2O2S2. The summed E-state index contributed by atoms with van der Waals surface area (Å²) in [5.74, 6) is 0.813. The van der Waals surface area contributed by atoms with Crippen molar-refractivity contribution in [2.75, 3.05) is 18.8 Å². The Labute approximate surface area is 100 Å². The van der Waals surface area contributed by atoms with Crippen molar-refractivity contribution in [2.45, 2.75) is 18.6 Å². The average Bonchev–Trinajstić information content (AvgIpc) is 2.70. The van der Waals surface area contributed by atoms with Gasteiger partial charge in [0.2, 0.25) is 0 Å². The van der Waals surface area contributed by atoms with Crippen LogP contribution in [-0.2, 0) is 15.6 Å². The molecule has 1 aliphatic rings. The number of hydrogen-bond donors (Lipinski definition) is 1. The molecule has 90 valence electrons. The zero-order valence-corrected chi connectivity index (χ0v) is 10.7. The van der Waals surface area contributed by atoms with Crippen molar-refractivity contribution in [3.63, 3.8) is 0 Å². The second-order valence-electron chi connectivity index (χ2n) is 4.22. The van der Waals surface area contributed by atoms with Gasteiger partial charge in [0.05, 0.1) is 17.0 Å². The highest BCUT2D eigenvalue weighted by Gasteiger charge is 2.21. The zero-order valence-electron chi connectivity index (χ0n) is 9.05. The number of rotatable bonds is 4. The Kier molecular flexibility index (Phi) is 3.94. The number of sulfone groups is 1. The Morgan fingerprint density at radius 3 is 2.81 bits per heavy atom. The summed E-state index contributed by atoms with van der Waals surface area (Å²) in [5.41, 5.74) is 1.68. The summed E-state index contributed by atoms with van der Waals surface area (Å²) in [6.07, 6.45) is 3.59. The summed E-state index contributed by atoms with van der Waals surface area (Å²) in [7, 11) is -2.96. The number of thiazole rings is 1. The van der Waals surface area contributed by atoms with Crippen molar-refractivity contribution in [1.29, 1.82) is 0 Å². The molecular weight excluding hydrogens is 244 g/mol. The Balaban J connectivity index is 1.92. The van der Waals surface area contributed by atoms with Crippen molar-refractivity contribution < 1.29 is 8.42 Å². The normalized spacial score (nSPS) is 18.8. The summed E-state index contributed by atoms with van der Waals surface area (Å²) in [6.45, 7) is 1.89. The summed E-state index contributed by atoms with van der Waals surface area (Å²) in [6, 6.07) is 0. The Morgan fingerprint density at radius 1 is 1.44 bits per heavy atom. The molecule has 1 aromatic rings. The maximum absolute atomic E-state index is 11.9. The van der Waals surface area contributed by atoms with Gasteiger partial charge in [0.15, 0.2) is 9.84 Å². The van der Waals surface area contributed by atoms with Crippen LogP contribution in [0.3, 0.4) is 0 Å². The molecule has 1 fully saturated rings. The van der Waals surface area contributed by atoms with Crippen LogP contribution >= 0.6 is 11.3 Å². The standard InChI is InChI=1S/C10H16N2O2S2/c13-16(14,7-10-5-12-8-15-10)6-9-1-3-11-4-2-9/h5,8-9,11H,1-4,6-7H2. The van der Waals surface area contributed by atoms with Gasteiger partial charge in [0, 0.05) is 11.1 Å². The van der Waals surface area contributed by atoms with Gasteiger partial charge in [-0.1, -0.05) is 0 Å². The molecule has 1 saturated heterocycles. The molecule has 0 unspecified atom stereocenters. The lowest BCUT2D eigenvalue weighted by molar-refractivity contribution is 0.401. The Morgan fingerprint density at radius 2 is 2.19 bits per heavy atom. The van der Waals surface area contributed by atoms with Gasteiger partial charge in [-0.25, -0.2) is 8.42 Å². The number of nitrogens with zero attached hydrogens (tertiary/aromatic N) is 1. The summed E-state index contributed by atoms with van der Waals surface area (Å²) < 4.78 is 23.8. The van der Waals surface area contributed by atoms with Crippen LogP contribution in [0.4, 0.5) is 0 Å². The SMILES string of the molecule is O=S(=O)(Cc1cncs1)CC1CCNCC1. The van der Waals surface area contributed by atoms with Crippen LogP contribution in [0.15, 0.2) is 11.7 Å². The van der Waals surface area contributed by atoms with Crippen molar-refractivity contribution in [2.24, 2.45) is 5.92 Å². The summed E-state index contributed by atoms with van der Waals surface area (Å²) in [4.78, 5) is 4.74. The van der Waals surface area contributed by atoms with Crippen molar-refractivity contribution >= 4 is 21.2 Å². The van der Waals surface area contributed by atoms with Crippen molar-refractivity contribution in [1.82, 2.24) is 10.3 Å². The molecule has 2 rings (SSSR count). The van der Waals surface area contributed by atoms with E-state index >= 15 is 0 Å². The van der Waals surface area contributed by atoms with Gasteiger partial charge in [-0.2, -0.15) is 0 Å². The molecule has 0 amide bonds. The molecule has 6 heteroatoms. The second-order valence-corrected chi connectivity index (χ2v) is 7.30. The van der Waals surface area contributed by atoms with Crippen LogP contribution in [0.2, 0.25) is 0 Å². The highest BCUT2D eigenvalue weighted by Crippen LogP contribution is 2.18. The quantitative estimate of drug-likeness (QED) is 0.879. The van der Waals surface area contributed by atoms with E-state index in [1.54, 1.807) is 11.7 Å². The maximum atomic E-state index is 11.9. The van der Waals surface area contributed by atoms with E-state index in [1.165, 1.54) is 11.3 Å². The number of piperidine rings is 1. The molecule has 2 heterocycles. The topological polar surface area (TPSA) is 59.1 Å². The molecule has 0 saturated carbocycles. The molecule has 1 aromatic heterocycles. The third-order valence-corrected chi connectivity index (χ3v) is 5.49. The molecule has 1 aliphatic heterocycles. The molecule has 0 spiro atoms. The van der Waals surface area contributed by atoms with E-state index in [-0.39, 0.29) is 5.75 Å². The maximum Gasteiger partial charge on any atom is 0.155 e. The number of nitrogens with one attached hydrogen (secondary N) is 1. The van der Waals surface area contributed by atoms with Gasteiger partial charge >= 0.3 is 0 Å². The van der Waals surface area contributed by atoms with Gasteiger partial charge < -0.3 is 5.32 Å². The smallest absolute Gasteiger partial charge is 0.155 e. The fourth-order valence-corrected chi connectivity index (χ4v) is 4.86. The van der Waals surface area contributed by atoms with E-state index in [1.807, 2.05) is 0 Å². The van der Waals surface area contributed by atoms with E-state index < -0.39 is 9.84 Å². The molecule has 0 radical (unpaired) electrons. The lowest BCUT2D eigenvalue weighted by Crippen LogP contribution is -2.31. The fraction of sp³-hybridized carbons (Fsp3) is 0.700. The first-order valence-corrected chi connectivity index (χ1v) is 8.14.